The maximum absolute atomic E-state index is 14.0. The minimum absolute atomic E-state index is 0. The molecule has 10 heteroatoms. The number of piperazine rings is 1. The summed E-state index contributed by atoms with van der Waals surface area (Å²) in [5.74, 6) is 2.00. The summed E-state index contributed by atoms with van der Waals surface area (Å²) in [7, 11) is 1.48. The summed E-state index contributed by atoms with van der Waals surface area (Å²) in [6.45, 7) is 13.4. The first-order valence-electron chi connectivity index (χ1n) is 10.7. The number of hydrogen-bond acceptors (Lipinski definition) is 6. The molecule has 32 heavy (non-hydrogen) atoms. The van der Waals surface area contributed by atoms with Crippen LogP contribution in [-0.2, 0) is 18.5 Å². The fraction of sp³-hybridized carbons (Fsp3) is 0.591. The summed E-state index contributed by atoms with van der Waals surface area (Å²) >= 11 is 0. The van der Waals surface area contributed by atoms with Gasteiger partial charge < -0.3 is 19.5 Å². The van der Waals surface area contributed by atoms with Crippen LogP contribution in [0.1, 0.15) is 45.0 Å². The van der Waals surface area contributed by atoms with Crippen molar-refractivity contribution in [1.82, 2.24) is 25.3 Å². The highest BCUT2D eigenvalue weighted by molar-refractivity contribution is 14.0. The van der Waals surface area contributed by atoms with Crippen LogP contribution in [0.3, 0.4) is 0 Å². The van der Waals surface area contributed by atoms with Gasteiger partial charge in [0.05, 0.1) is 7.11 Å². The Labute approximate surface area is 206 Å². The highest BCUT2D eigenvalue weighted by Crippen LogP contribution is 2.20. The van der Waals surface area contributed by atoms with E-state index in [9.17, 15) is 4.39 Å². The van der Waals surface area contributed by atoms with E-state index in [2.05, 4.69) is 32.2 Å². The number of nitrogens with zero attached hydrogens (tertiary/aromatic N) is 5. The summed E-state index contributed by atoms with van der Waals surface area (Å²) in [6.07, 6.45) is 0. The van der Waals surface area contributed by atoms with Crippen LogP contribution >= 0.6 is 24.0 Å². The minimum atomic E-state index is -0.323. The molecule has 1 aliphatic heterocycles. The summed E-state index contributed by atoms with van der Waals surface area (Å²) in [5.41, 5.74) is 0.766. The van der Waals surface area contributed by atoms with Crippen molar-refractivity contribution in [3.05, 3.63) is 41.3 Å². The van der Waals surface area contributed by atoms with Gasteiger partial charge in [0.15, 0.2) is 23.4 Å². The molecule has 0 radical (unpaired) electrons. The predicted octanol–water partition coefficient (Wildman–Crippen LogP) is 3.42. The van der Waals surface area contributed by atoms with Crippen LogP contribution in [0.15, 0.2) is 27.7 Å². The highest BCUT2D eigenvalue weighted by atomic mass is 127. The van der Waals surface area contributed by atoms with E-state index < -0.39 is 0 Å². The molecule has 0 unspecified atom stereocenters. The number of guanidine groups is 1. The molecule has 0 amide bonds. The smallest absolute Gasteiger partial charge is 0.232 e. The van der Waals surface area contributed by atoms with Crippen molar-refractivity contribution in [1.29, 1.82) is 0 Å². The van der Waals surface area contributed by atoms with E-state index in [0.717, 1.165) is 44.2 Å². The van der Waals surface area contributed by atoms with Gasteiger partial charge in [0.2, 0.25) is 5.89 Å². The monoisotopic (exact) mass is 560 g/mol. The van der Waals surface area contributed by atoms with E-state index in [1.54, 1.807) is 12.1 Å². The second-order valence-corrected chi connectivity index (χ2v) is 8.67. The van der Waals surface area contributed by atoms with Crippen LogP contribution in [0.2, 0.25) is 0 Å². The third-order valence-electron chi connectivity index (χ3n) is 5.11. The molecule has 3 rings (SSSR count). The second-order valence-electron chi connectivity index (χ2n) is 8.67. The number of aliphatic imine (C=N–C) groups is 1. The van der Waals surface area contributed by atoms with Crippen LogP contribution in [0, 0.1) is 5.82 Å². The molecule has 2 heterocycles. The van der Waals surface area contributed by atoms with E-state index in [-0.39, 0.29) is 41.0 Å². The van der Waals surface area contributed by atoms with Crippen molar-refractivity contribution >= 4 is 29.9 Å². The third kappa shape index (κ3) is 7.03. The molecule has 1 fully saturated rings. The average molecular weight is 560 g/mol. The topological polar surface area (TPSA) is 79.0 Å². The zero-order valence-corrected chi connectivity index (χ0v) is 21.9. The average Bonchev–Trinajstić information content (AvgIpc) is 3.22. The van der Waals surface area contributed by atoms with Gasteiger partial charge in [-0.2, -0.15) is 4.98 Å². The Balaban J connectivity index is 0.00000363. The van der Waals surface area contributed by atoms with Gasteiger partial charge in [-0.25, -0.2) is 9.38 Å². The molecule has 2 aromatic rings. The van der Waals surface area contributed by atoms with E-state index in [1.807, 2.05) is 26.8 Å². The fourth-order valence-corrected chi connectivity index (χ4v) is 3.38. The van der Waals surface area contributed by atoms with Crippen LogP contribution in [-0.4, -0.2) is 65.7 Å². The molecular weight excluding hydrogens is 526 g/mol. The number of nitrogens with one attached hydrogen (secondary N) is 1. The van der Waals surface area contributed by atoms with Crippen molar-refractivity contribution in [2.24, 2.45) is 4.99 Å². The van der Waals surface area contributed by atoms with Gasteiger partial charge in [-0.05, 0) is 24.6 Å². The van der Waals surface area contributed by atoms with Crippen molar-refractivity contribution in [2.75, 3.05) is 39.8 Å². The minimum Gasteiger partial charge on any atom is -0.494 e. The Morgan fingerprint density at radius 3 is 2.53 bits per heavy atom. The van der Waals surface area contributed by atoms with Gasteiger partial charge in [0, 0.05) is 44.7 Å². The van der Waals surface area contributed by atoms with Crippen LogP contribution < -0.4 is 10.1 Å². The van der Waals surface area contributed by atoms with Gasteiger partial charge in [0.1, 0.15) is 6.54 Å². The number of aromatic nitrogens is 2. The molecule has 0 bridgehead atoms. The van der Waals surface area contributed by atoms with E-state index in [1.165, 1.54) is 7.11 Å². The van der Waals surface area contributed by atoms with E-state index in [4.69, 9.17) is 14.3 Å². The first kappa shape index (κ1) is 26.3. The number of benzene rings is 1. The Bertz CT molecular complexity index is 891. The molecule has 1 aromatic carbocycles. The fourth-order valence-electron chi connectivity index (χ4n) is 3.38. The Kier molecular flexibility index (Phi) is 9.68. The third-order valence-corrected chi connectivity index (χ3v) is 5.11. The normalized spacial score (nSPS) is 15.4. The Morgan fingerprint density at radius 1 is 1.25 bits per heavy atom. The lowest BCUT2D eigenvalue weighted by molar-refractivity contribution is 0.172. The van der Waals surface area contributed by atoms with Gasteiger partial charge in [0.25, 0.3) is 0 Å². The van der Waals surface area contributed by atoms with Gasteiger partial charge in [-0.3, -0.25) is 4.90 Å². The molecule has 1 N–H and O–H groups in total. The zero-order chi connectivity index (χ0) is 22.4. The van der Waals surface area contributed by atoms with E-state index in [0.29, 0.717) is 24.8 Å². The summed E-state index contributed by atoms with van der Waals surface area (Å²) in [4.78, 5) is 13.7. The van der Waals surface area contributed by atoms with Crippen LogP contribution in [0.5, 0.6) is 5.75 Å². The second kappa shape index (κ2) is 11.8. The van der Waals surface area contributed by atoms with Crippen molar-refractivity contribution in [3.63, 3.8) is 0 Å². The highest BCUT2D eigenvalue weighted by Gasteiger charge is 2.23. The van der Waals surface area contributed by atoms with Crippen molar-refractivity contribution in [2.45, 2.75) is 46.2 Å². The summed E-state index contributed by atoms with van der Waals surface area (Å²) < 4.78 is 24.3. The molecule has 1 saturated heterocycles. The molecule has 8 nitrogen and oxygen atoms in total. The maximum atomic E-state index is 14.0. The molecule has 0 spiro atoms. The van der Waals surface area contributed by atoms with Crippen molar-refractivity contribution < 1.29 is 13.7 Å². The number of rotatable bonds is 6. The Morgan fingerprint density at radius 2 is 1.97 bits per heavy atom. The Hall–Kier alpha value is -1.95. The predicted molar refractivity (Wildman–Crippen MR) is 133 cm³/mol. The molecule has 0 saturated carbocycles. The standard InChI is InChI=1S/C22H33FN6O2.HI/c1-6-24-21(25-14-19-26-20(31-27-19)22(2,3)4)29-11-9-28(10-12-29)15-16-7-8-18(30-5)17(23)13-16;/h7-8,13H,6,9-12,14-15H2,1-5H3,(H,24,25);1H. The van der Waals surface area contributed by atoms with Gasteiger partial charge >= 0.3 is 0 Å². The number of halogens is 2. The van der Waals surface area contributed by atoms with Gasteiger partial charge in [-0.15, -0.1) is 24.0 Å². The maximum Gasteiger partial charge on any atom is 0.232 e. The first-order chi connectivity index (χ1) is 14.8. The summed E-state index contributed by atoms with van der Waals surface area (Å²) in [5, 5.41) is 7.40. The molecule has 1 aromatic heterocycles. The van der Waals surface area contributed by atoms with Crippen LogP contribution in [0.25, 0.3) is 0 Å². The molecule has 1 aliphatic rings. The SMILES string of the molecule is CCNC(=NCc1noc(C(C)(C)C)n1)N1CCN(Cc2ccc(OC)c(F)c2)CC1.I. The molecular formula is C22H34FIN6O2. The number of hydrogen-bond donors (Lipinski definition) is 1. The van der Waals surface area contributed by atoms with Crippen molar-refractivity contribution in [3.8, 4) is 5.75 Å². The lowest BCUT2D eigenvalue weighted by Crippen LogP contribution is -2.52. The lowest BCUT2D eigenvalue weighted by atomic mass is 9.97. The van der Waals surface area contributed by atoms with Gasteiger partial charge in [-0.1, -0.05) is 32.0 Å². The largest absolute Gasteiger partial charge is 0.494 e. The quantitative estimate of drug-likeness (QED) is 0.330. The number of methoxy groups -OCH3 is 1. The van der Waals surface area contributed by atoms with Crippen LogP contribution in [0.4, 0.5) is 4.39 Å². The molecule has 0 atom stereocenters. The molecule has 178 valence electrons. The van der Waals surface area contributed by atoms with E-state index >= 15 is 0 Å². The first-order valence-corrected chi connectivity index (χ1v) is 10.7. The lowest BCUT2D eigenvalue weighted by Gasteiger charge is -2.36. The summed E-state index contributed by atoms with van der Waals surface area (Å²) in [6, 6.07) is 5.14. The zero-order valence-electron chi connectivity index (χ0n) is 19.5. The molecule has 0 aliphatic carbocycles. The number of ether oxygens (including phenoxy) is 1.